The summed E-state index contributed by atoms with van der Waals surface area (Å²) in [6, 6.07) is 3.44. The second-order valence-electron chi connectivity index (χ2n) is 5.45. The smallest absolute Gasteiger partial charge is 0.315 e. The van der Waals surface area contributed by atoms with Crippen LogP contribution < -0.4 is 4.90 Å². The number of hydrogen-bond donors (Lipinski definition) is 0. The lowest BCUT2D eigenvalue weighted by atomic mass is 10.3. The van der Waals surface area contributed by atoms with Crippen LogP contribution in [0.4, 0.5) is 23.7 Å². The average molecular weight is 394 g/mol. The van der Waals surface area contributed by atoms with Crippen molar-refractivity contribution in [2.45, 2.75) is 18.5 Å². The molecule has 2 heterocycles. The lowest BCUT2D eigenvalue weighted by Gasteiger charge is -2.31. The third-order valence-electron chi connectivity index (χ3n) is 3.84. The third-order valence-corrected chi connectivity index (χ3v) is 4.24. The number of carbonyl (C=O) groups is 1. The number of anilines is 1. The Kier molecular flexibility index (Phi) is 4.54. The van der Waals surface area contributed by atoms with E-state index in [4.69, 9.17) is 23.2 Å². The maximum atomic E-state index is 14.0. The minimum atomic E-state index is -3.64. The van der Waals surface area contributed by atoms with E-state index in [1.807, 2.05) is 0 Å². The Hall–Kier alpha value is -2.00. The van der Waals surface area contributed by atoms with Crippen LogP contribution >= 0.6 is 23.2 Å². The summed E-state index contributed by atoms with van der Waals surface area (Å²) >= 11 is 10.7. The molecule has 1 aliphatic rings. The summed E-state index contributed by atoms with van der Waals surface area (Å²) in [7, 11) is 1.41. The van der Waals surface area contributed by atoms with Gasteiger partial charge in [-0.3, -0.25) is 4.90 Å². The summed E-state index contributed by atoms with van der Waals surface area (Å²) in [5, 5.41) is 3.63. The highest BCUT2D eigenvalue weighted by Gasteiger charge is 2.38. The van der Waals surface area contributed by atoms with Crippen molar-refractivity contribution in [3.05, 3.63) is 40.7 Å². The fraction of sp³-hybridized carbons (Fsp3) is 0.357. The standard InChI is InChI=1S/C14H12Cl2F3N5O/c1-22(10-3-2-8(15)6-9(10)17)13(25)23-4-5-24-11(7-23)20-21-12(24)14(16,18)19/h2-3,6H,4-5,7H2,1H3. The zero-order valence-corrected chi connectivity index (χ0v) is 14.4. The van der Waals surface area contributed by atoms with Crippen molar-refractivity contribution in [2.24, 2.45) is 0 Å². The number of halogens is 5. The van der Waals surface area contributed by atoms with Crippen LogP contribution in [-0.4, -0.2) is 39.3 Å². The Morgan fingerprint density at radius 3 is 2.68 bits per heavy atom. The van der Waals surface area contributed by atoms with Gasteiger partial charge in [-0.2, -0.15) is 8.78 Å². The van der Waals surface area contributed by atoms with Crippen molar-refractivity contribution in [2.75, 3.05) is 18.5 Å². The van der Waals surface area contributed by atoms with Crippen LogP contribution in [0.25, 0.3) is 0 Å². The van der Waals surface area contributed by atoms with Crippen LogP contribution in [0.3, 0.4) is 0 Å². The van der Waals surface area contributed by atoms with Crippen molar-refractivity contribution in [1.29, 1.82) is 0 Å². The Morgan fingerprint density at radius 1 is 1.32 bits per heavy atom. The monoisotopic (exact) mass is 393 g/mol. The van der Waals surface area contributed by atoms with Gasteiger partial charge in [0.2, 0.25) is 5.82 Å². The molecule has 0 aliphatic carbocycles. The van der Waals surface area contributed by atoms with Gasteiger partial charge in [-0.15, -0.1) is 10.2 Å². The zero-order chi connectivity index (χ0) is 18.4. The minimum Gasteiger partial charge on any atom is -0.315 e. The molecular weight excluding hydrogens is 382 g/mol. The summed E-state index contributed by atoms with van der Waals surface area (Å²) in [4.78, 5) is 15.0. The molecule has 0 bridgehead atoms. The van der Waals surface area contributed by atoms with Crippen LogP contribution in [0, 0.1) is 5.82 Å². The van der Waals surface area contributed by atoms with E-state index in [0.717, 1.165) is 11.0 Å². The number of amides is 2. The quantitative estimate of drug-likeness (QED) is 0.734. The van der Waals surface area contributed by atoms with E-state index in [0.29, 0.717) is 0 Å². The van der Waals surface area contributed by atoms with Gasteiger partial charge in [-0.25, -0.2) is 9.18 Å². The minimum absolute atomic E-state index is 0.0433. The van der Waals surface area contributed by atoms with Gasteiger partial charge in [-0.1, -0.05) is 11.6 Å². The summed E-state index contributed by atoms with van der Waals surface area (Å²) in [6.45, 7) is 0.143. The van der Waals surface area contributed by atoms with E-state index in [1.165, 1.54) is 28.6 Å². The van der Waals surface area contributed by atoms with Gasteiger partial charge in [0.05, 0.1) is 12.2 Å². The van der Waals surface area contributed by atoms with Gasteiger partial charge in [0.25, 0.3) is 0 Å². The molecule has 0 saturated carbocycles. The third kappa shape index (κ3) is 3.38. The first kappa shape index (κ1) is 17.8. The number of benzene rings is 1. The van der Waals surface area contributed by atoms with Crippen LogP contribution in [0.2, 0.25) is 5.02 Å². The van der Waals surface area contributed by atoms with Crippen molar-refractivity contribution in [3.63, 3.8) is 0 Å². The number of aromatic nitrogens is 3. The lowest BCUT2D eigenvalue weighted by Crippen LogP contribution is -2.45. The molecule has 0 radical (unpaired) electrons. The predicted octanol–water partition coefficient (Wildman–Crippen LogP) is 3.43. The molecular formula is C14H12Cl2F3N5O. The van der Waals surface area contributed by atoms with Crippen molar-refractivity contribution < 1.29 is 18.0 Å². The molecule has 1 aliphatic heterocycles. The number of alkyl halides is 3. The normalized spacial score (nSPS) is 14.4. The van der Waals surface area contributed by atoms with Gasteiger partial charge in [0.1, 0.15) is 5.82 Å². The van der Waals surface area contributed by atoms with Gasteiger partial charge >= 0.3 is 11.4 Å². The van der Waals surface area contributed by atoms with E-state index in [2.05, 4.69) is 10.2 Å². The molecule has 11 heteroatoms. The molecule has 0 atom stereocenters. The predicted molar refractivity (Wildman–Crippen MR) is 85.4 cm³/mol. The first-order valence-corrected chi connectivity index (χ1v) is 7.91. The van der Waals surface area contributed by atoms with Gasteiger partial charge in [-0.05, 0) is 29.8 Å². The van der Waals surface area contributed by atoms with Crippen molar-refractivity contribution >= 4 is 34.9 Å². The van der Waals surface area contributed by atoms with Crippen LogP contribution in [0.1, 0.15) is 11.6 Å². The molecule has 134 valence electrons. The first-order valence-electron chi connectivity index (χ1n) is 7.15. The van der Waals surface area contributed by atoms with E-state index in [9.17, 15) is 18.0 Å². The lowest BCUT2D eigenvalue weighted by molar-refractivity contribution is 0.0773. The first-order chi connectivity index (χ1) is 11.7. The maximum Gasteiger partial charge on any atom is 0.381 e. The molecule has 0 unspecified atom stereocenters. The summed E-state index contributed by atoms with van der Waals surface area (Å²) in [5.41, 5.74) is 0.0504. The van der Waals surface area contributed by atoms with E-state index >= 15 is 0 Å². The maximum absolute atomic E-state index is 14.0. The van der Waals surface area contributed by atoms with Gasteiger partial charge < -0.3 is 9.47 Å². The Bertz CT molecular complexity index is 823. The fourth-order valence-corrected chi connectivity index (χ4v) is 2.90. The Morgan fingerprint density at radius 2 is 2.04 bits per heavy atom. The molecule has 6 nitrogen and oxygen atoms in total. The molecule has 25 heavy (non-hydrogen) atoms. The number of carbonyl (C=O) groups excluding carboxylic acids is 1. The zero-order valence-electron chi connectivity index (χ0n) is 12.9. The van der Waals surface area contributed by atoms with Gasteiger partial charge in [0.15, 0.2) is 5.82 Å². The summed E-state index contributed by atoms with van der Waals surface area (Å²) < 4.78 is 41.7. The highest BCUT2D eigenvalue weighted by atomic mass is 35.5. The number of urea groups is 1. The second-order valence-corrected chi connectivity index (χ2v) is 6.36. The number of fused-ring (bicyclic) bond motifs is 1. The highest BCUT2D eigenvalue weighted by Crippen LogP contribution is 2.32. The van der Waals surface area contributed by atoms with Gasteiger partial charge in [0, 0.05) is 25.2 Å². The summed E-state index contributed by atoms with van der Waals surface area (Å²) in [5.74, 6) is -1.12. The number of hydrogen-bond acceptors (Lipinski definition) is 3. The van der Waals surface area contributed by atoms with Crippen LogP contribution in [-0.2, 0) is 18.5 Å². The van der Waals surface area contributed by atoms with E-state index < -0.39 is 23.1 Å². The Balaban J connectivity index is 1.80. The number of rotatable bonds is 2. The molecule has 3 rings (SSSR count). The van der Waals surface area contributed by atoms with Crippen LogP contribution in [0.15, 0.2) is 18.2 Å². The summed E-state index contributed by atoms with van der Waals surface area (Å²) in [6.07, 6.45) is 0. The Labute approximate surface area is 150 Å². The fourth-order valence-electron chi connectivity index (χ4n) is 2.60. The molecule has 0 N–H and O–H groups in total. The van der Waals surface area contributed by atoms with E-state index in [-0.39, 0.29) is 36.2 Å². The molecule has 0 fully saturated rings. The average Bonchev–Trinajstić information content (AvgIpc) is 2.96. The van der Waals surface area contributed by atoms with Crippen LogP contribution in [0.5, 0.6) is 0 Å². The molecule has 0 saturated heterocycles. The molecule has 0 spiro atoms. The SMILES string of the molecule is CN(C(=O)N1CCn2c(nnc2C(F)(F)Cl)C1)c1ccc(Cl)cc1F. The number of nitrogens with zero attached hydrogens (tertiary/aromatic N) is 5. The molecule has 1 aromatic carbocycles. The molecule has 1 aromatic heterocycles. The van der Waals surface area contributed by atoms with Crippen molar-refractivity contribution in [3.8, 4) is 0 Å². The molecule has 2 amide bonds. The van der Waals surface area contributed by atoms with Crippen molar-refractivity contribution in [1.82, 2.24) is 19.7 Å². The molecule has 2 aromatic rings. The largest absolute Gasteiger partial charge is 0.381 e. The second kappa shape index (κ2) is 6.38. The highest BCUT2D eigenvalue weighted by molar-refractivity contribution is 6.30. The van der Waals surface area contributed by atoms with E-state index in [1.54, 1.807) is 0 Å². The topological polar surface area (TPSA) is 54.3 Å².